The van der Waals surface area contributed by atoms with Gasteiger partial charge in [-0.25, -0.2) is 29.3 Å². The van der Waals surface area contributed by atoms with Gasteiger partial charge >= 0.3 is 0 Å². The second-order valence-electron chi connectivity index (χ2n) is 18.9. The molecule has 4 aromatic heterocycles. The van der Waals surface area contributed by atoms with Crippen molar-refractivity contribution in [1.29, 1.82) is 0 Å². The molecule has 0 bridgehead atoms. The summed E-state index contributed by atoms with van der Waals surface area (Å²) in [5, 5.41) is 19.6. The van der Waals surface area contributed by atoms with Gasteiger partial charge in [0.1, 0.15) is 33.6 Å². The Balaban J connectivity index is 0.840. The molecule has 63 heavy (non-hydrogen) atoms. The first kappa shape index (κ1) is 45.1. The minimum Gasteiger partial charge on any atom is -0.373 e. The van der Waals surface area contributed by atoms with E-state index in [0.29, 0.717) is 79.7 Å². The number of ether oxygens (including phenoxy) is 7. The third-order valence-corrected chi connectivity index (χ3v) is 16.0. The maximum atomic E-state index is 7.11. The normalized spacial score (nSPS) is 30.7. The van der Waals surface area contributed by atoms with Gasteiger partial charge in [-0.05, 0) is 97.1 Å². The molecule has 10 rings (SSSR count). The molecule has 6 fully saturated rings. The number of halogens is 2. The Morgan fingerprint density at radius 3 is 1.44 bits per heavy atom. The fraction of sp³-hybridized carbons (Fsp3) is 0.810. The maximum absolute atomic E-state index is 7.11. The molecule has 0 N–H and O–H groups in total. The predicted octanol–water partition coefficient (Wildman–Crippen LogP) is 8.04. The molecular formula is C42H58Br2N10O7S2. The second-order valence-corrected chi connectivity index (χ2v) is 22.5. The van der Waals surface area contributed by atoms with Gasteiger partial charge in [0.25, 0.3) is 0 Å². The van der Waals surface area contributed by atoms with E-state index < -0.39 is 11.6 Å². The Kier molecular flexibility index (Phi) is 13.2. The molecule has 0 radical (unpaired) electrons. The van der Waals surface area contributed by atoms with E-state index in [1.165, 1.54) is 25.7 Å². The molecule has 17 nitrogen and oxygen atoms in total. The lowest BCUT2D eigenvalue weighted by Gasteiger charge is -2.29. The van der Waals surface area contributed by atoms with Gasteiger partial charge in [-0.1, -0.05) is 73.5 Å². The largest absolute Gasteiger partial charge is 0.373 e. The molecule has 2 saturated heterocycles. The van der Waals surface area contributed by atoms with Crippen LogP contribution < -0.4 is 0 Å². The highest BCUT2D eigenvalue weighted by Crippen LogP contribution is 2.48. The van der Waals surface area contributed by atoms with E-state index in [9.17, 15) is 0 Å². The number of hydrogen-bond donors (Lipinski definition) is 0. The smallest absolute Gasteiger partial charge is 0.190 e. The van der Waals surface area contributed by atoms with Crippen LogP contribution in [0, 0.1) is 11.8 Å². The van der Waals surface area contributed by atoms with Gasteiger partial charge in [-0.2, -0.15) is 0 Å². The lowest BCUT2D eigenvalue weighted by atomic mass is 10.1. The molecule has 2 aliphatic heterocycles. The number of rotatable bonds is 20. The molecule has 4 saturated carbocycles. The molecule has 0 spiro atoms. The fourth-order valence-corrected chi connectivity index (χ4v) is 12.1. The van der Waals surface area contributed by atoms with E-state index in [1.54, 1.807) is 23.5 Å². The summed E-state index contributed by atoms with van der Waals surface area (Å²) in [6.45, 7) is 13.0. The molecule has 10 atom stereocenters. The summed E-state index contributed by atoms with van der Waals surface area (Å²) in [5.74, 6) is 1.57. The van der Waals surface area contributed by atoms with Gasteiger partial charge in [0.15, 0.2) is 44.2 Å². The van der Waals surface area contributed by atoms with Crippen LogP contribution >= 0.6 is 55.4 Å². The summed E-state index contributed by atoms with van der Waals surface area (Å²) in [7, 11) is 0. The van der Waals surface area contributed by atoms with Crippen LogP contribution in [0.5, 0.6) is 0 Å². The van der Waals surface area contributed by atoms with E-state index in [0.717, 1.165) is 37.2 Å². The first-order valence-electron chi connectivity index (χ1n) is 22.8. The highest BCUT2D eigenvalue weighted by atomic mass is 79.9. The summed E-state index contributed by atoms with van der Waals surface area (Å²) < 4.78 is 52.3. The number of aromatic nitrogens is 10. The first-order valence-corrected chi connectivity index (χ1v) is 26.3. The van der Waals surface area contributed by atoms with Gasteiger partial charge in [0, 0.05) is 24.3 Å². The summed E-state index contributed by atoms with van der Waals surface area (Å²) in [6.07, 6.45) is 8.29. The fourth-order valence-electron chi connectivity index (χ4n) is 9.65. The molecule has 344 valence electrons. The zero-order chi connectivity index (χ0) is 43.6. The van der Waals surface area contributed by atoms with Crippen molar-refractivity contribution in [1.82, 2.24) is 49.9 Å². The number of nitrogens with zero attached hydrogens (tertiary/aromatic N) is 10. The van der Waals surface area contributed by atoms with E-state index in [1.807, 2.05) is 37.1 Å². The monoisotopic (exact) mass is 1040 g/mol. The summed E-state index contributed by atoms with van der Waals surface area (Å²) >= 11 is 10.5. The van der Waals surface area contributed by atoms with E-state index >= 15 is 0 Å². The van der Waals surface area contributed by atoms with Crippen LogP contribution in [0.25, 0.3) is 22.3 Å². The highest BCUT2D eigenvalue weighted by molar-refractivity contribution is 9.10. The SMILES string of the molecule is CCCSc1nc(Br)c2nnn([C@@H]3C[C@H](OCC(CC4CC4)OC(CO[C@H]4C[C@@H](n5nnc6c(Br)nc(SCCC)nc65)[C@@H]5OC(C)(C)O[C@@H]54)CC4CC4)[C@H]4OC(C)(C)O[C@H]43)c2n1. The Morgan fingerprint density at radius 1 is 0.635 bits per heavy atom. The van der Waals surface area contributed by atoms with Gasteiger partial charge in [0.05, 0.1) is 49.7 Å². The van der Waals surface area contributed by atoms with Crippen LogP contribution in [-0.4, -0.2) is 135 Å². The Hall–Kier alpha value is -1.66. The van der Waals surface area contributed by atoms with Crippen molar-refractivity contribution in [3.8, 4) is 0 Å². The molecule has 2 unspecified atom stereocenters. The average Bonchev–Trinajstić information content (AvgIpc) is 3.95. The number of hydrogen-bond acceptors (Lipinski definition) is 17. The molecule has 0 aromatic carbocycles. The third-order valence-electron chi connectivity index (χ3n) is 12.7. The first-order chi connectivity index (χ1) is 30.3. The lowest BCUT2D eigenvalue weighted by molar-refractivity contribution is -0.180. The number of thioether (sulfide) groups is 2. The van der Waals surface area contributed by atoms with Crippen molar-refractivity contribution < 1.29 is 33.2 Å². The van der Waals surface area contributed by atoms with Crippen molar-refractivity contribution >= 4 is 77.7 Å². The summed E-state index contributed by atoms with van der Waals surface area (Å²) in [5.41, 5.74) is 2.61. The van der Waals surface area contributed by atoms with E-state index in [-0.39, 0.29) is 60.9 Å². The van der Waals surface area contributed by atoms with Crippen molar-refractivity contribution in [3.63, 3.8) is 0 Å². The van der Waals surface area contributed by atoms with Gasteiger partial charge in [0.2, 0.25) is 0 Å². The Labute approximate surface area is 392 Å². The molecular weight excluding hydrogens is 980 g/mol. The predicted molar refractivity (Wildman–Crippen MR) is 241 cm³/mol. The third kappa shape index (κ3) is 9.86. The van der Waals surface area contributed by atoms with Crippen LogP contribution in [0.1, 0.15) is 118 Å². The standard InChI is InChI=1S/C42H58Br2N10O7S2/c1-7-13-62-39-45-35(43)29-37(47-39)53(51-49-29)25-17-27(33-31(25)58-41(3,4)60-33)55-19-23(15-21-9-10-21)57-24(16-22-11-12-22)20-56-28-18-26(32-34(28)61-42(5,6)59-32)54-38-30(50-52-54)36(44)46-40(48-38)63-14-8-2/h21-28,31-34H,7-20H2,1-6H3/t23?,24?,25-,26-,27+,28+,31+,32+,33-,34-/m1/s1. The maximum Gasteiger partial charge on any atom is 0.190 e. The molecule has 4 aliphatic carbocycles. The molecule has 6 heterocycles. The summed E-state index contributed by atoms with van der Waals surface area (Å²) in [4.78, 5) is 19.1. The Bertz CT molecular complexity index is 2110. The zero-order valence-corrected chi connectivity index (χ0v) is 41.5. The summed E-state index contributed by atoms with van der Waals surface area (Å²) in [6, 6.07) is -0.373. The van der Waals surface area contributed by atoms with Gasteiger partial charge in [-0.3, -0.25) is 0 Å². The molecule has 4 aromatic rings. The molecule has 21 heteroatoms. The molecule has 0 amide bonds. The highest BCUT2D eigenvalue weighted by Gasteiger charge is 2.58. The van der Waals surface area contributed by atoms with Gasteiger partial charge in [-0.15, -0.1) is 10.2 Å². The van der Waals surface area contributed by atoms with Gasteiger partial charge < -0.3 is 33.2 Å². The van der Waals surface area contributed by atoms with Crippen LogP contribution in [0.4, 0.5) is 0 Å². The van der Waals surface area contributed by atoms with Crippen LogP contribution in [-0.2, 0) is 33.2 Å². The quantitative estimate of drug-likeness (QED) is 0.0471. The second kappa shape index (κ2) is 18.4. The van der Waals surface area contributed by atoms with Crippen molar-refractivity contribution in [2.45, 2.75) is 189 Å². The minimum atomic E-state index is -0.774. The van der Waals surface area contributed by atoms with Crippen LogP contribution in [0.2, 0.25) is 0 Å². The number of fused-ring (bicyclic) bond motifs is 4. The van der Waals surface area contributed by atoms with Crippen LogP contribution in [0.15, 0.2) is 19.5 Å². The zero-order valence-electron chi connectivity index (χ0n) is 36.7. The lowest BCUT2D eigenvalue weighted by Crippen LogP contribution is -2.37. The van der Waals surface area contributed by atoms with Crippen molar-refractivity contribution in [2.24, 2.45) is 11.8 Å². The van der Waals surface area contributed by atoms with E-state index in [4.69, 9.17) is 43.1 Å². The van der Waals surface area contributed by atoms with E-state index in [2.05, 4.69) is 76.3 Å². The van der Waals surface area contributed by atoms with Crippen molar-refractivity contribution in [3.05, 3.63) is 9.21 Å². The van der Waals surface area contributed by atoms with Crippen LogP contribution in [0.3, 0.4) is 0 Å². The molecule has 6 aliphatic rings. The Morgan fingerprint density at radius 2 is 1.05 bits per heavy atom. The topological polar surface area (TPSA) is 178 Å². The minimum absolute atomic E-state index is 0.0970. The average molecular weight is 1040 g/mol. The van der Waals surface area contributed by atoms with Crippen molar-refractivity contribution in [2.75, 3.05) is 24.7 Å².